The van der Waals surface area contributed by atoms with E-state index in [1.807, 2.05) is 11.0 Å². The summed E-state index contributed by atoms with van der Waals surface area (Å²) < 4.78 is 12.2. The van der Waals surface area contributed by atoms with E-state index in [1.54, 1.807) is 0 Å². The summed E-state index contributed by atoms with van der Waals surface area (Å²) in [6, 6.07) is 19.1. The monoisotopic (exact) mass is 434 g/mol. The summed E-state index contributed by atoms with van der Waals surface area (Å²) in [6.07, 6.45) is 4.94. The number of ether oxygens (including phenoxy) is 2. The zero-order valence-electron chi connectivity index (χ0n) is 18.8. The van der Waals surface area contributed by atoms with Crippen LogP contribution in [0, 0.1) is 5.92 Å². The van der Waals surface area contributed by atoms with Crippen molar-refractivity contribution in [1.29, 1.82) is 0 Å². The molecule has 2 aromatic rings. The van der Waals surface area contributed by atoms with Crippen LogP contribution in [-0.2, 0) is 33.5 Å². The van der Waals surface area contributed by atoms with Gasteiger partial charge in [0.15, 0.2) is 0 Å². The first kappa shape index (κ1) is 21.6. The molecular formula is C27H34N2O3. The Hall–Kier alpha value is -2.21. The molecule has 170 valence electrons. The topological polar surface area (TPSA) is 42.0 Å². The van der Waals surface area contributed by atoms with E-state index in [0.29, 0.717) is 31.5 Å². The van der Waals surface area contributed by atoms with E-state index in [2.05, 4.69) is 53.4 Å². The van der Waals surface area contributed by atoms with Crippen molar-refractivity contribution in [3.63, 3.8) is 0 Å². The lowest BCUT2D eigenvalue weighted by atomic mass is 9.99. The van der Waals surface area contributed by atoms with E-state index in [0.717, 1.165) is 51.9 Å². The Bertz CT molecular complexity index is 862. The third kappa shape index (κ3) is 5.22. The average Bonchev–Trinajstić information content (AvgIpc) is 3.27. The standard InChI is InChI=1S/C27H34N2O3/c30-26(11-10-22-16-23-8-4-5-9-24(23)17-22)28-12-14-29(15-13-28)27-20-31-25(19-32-27)18-21-6-2-1-3-7-21/h1-9,22,25,27H,10-20H2. The Balaban J connectivity index is 1.01. The van der Waals surface area contributed by atoms with Crippen LogP contribution in [0.2, 0.25) is 0 Å². The fourth-order valence-corrected chi connectivity index (χ4v) is 5.34. The second-order valence-corrected chi connectivity index (χ2v) is 9.43. The summed E-state index contributed by atoms with van der Waals surface area (Å²) in [5.74, 6) is 0.929. The molecule has 2 fully saturated rings. The molecule has 0 saturated carbocycles. The Labute approximate surface area is 191 Å². The molecule has 2 aliphatic heterocycles. The highest BCUT2D eigenvalue weighted by molar-refractivity contribution is 5.76. The van der Waals surface area contributed by atoms with Crippen molar-refractivity contribution < 1.29 is 14.3 Å². The fourth-order valence-electron chi connectivity index (χ4n) is 5.34. The van der Waals surface area contributed by atoms with Crippen LogP contribution < -0.4 is 0 Å². The highest BCUT2D eigenvalue weighted by atomic mass is 16.6. The molecule has 2 aromatic carbocycles. The van der Waals surface area contributed by atoms with Gasteiger partial charge in [-0.15, -0.1) is 0 Å². The summed E-state index contributed by atoms with van der Waals surface area (Å²) in [4.78, 5) is 17.2. The van der Waals surface area contributed by atoms with Crippen molar-refractivity contribution in [3.05, 3.63) is 71.3 Å². The zero-order chi connectivity index (χ0) is 21.8. The van der Waals surface area contributed by atoms with E-state index in [1.165, 1.54) is 16.7 Å². The lowest BCUT2D eigenvalue weighted by Crippen LogP contribution is -2.55. The lowest BCUT2D eigenvalue weighted by molar-refractivity contribution is -0.190. The number of benzene rings is 2. The van der Waals surface area contributed by atoms with Gasteiger partial charge in [-0.25, -0.2) is 0 Å². The van der Waals surface area contributed by atoms with Gasteiger partial charge >= 0.3 is 0 Å². The molecule has 32 heavy (non-hydrogen) atoms. The maximum Gasteiger partial charge on any atom is 0.222 e. The summed E-state index contributed by atoms with van der Waals surface area (Å²) in [5, 5.41) is 0. The van der Waals surface area contributed by atoms with Crippen molar-refractivity contribution in [1.82, 2.24) is 9.80 Å². The molecule has 2 heterocycles. The van der Waals surface area contributed by atoms with Crippen LogP contribution >= 0.6 is 0 Å². The van der Waals surface area contributed by atoms with Crippen LogP contribution in [0.1, 0.15) is 29.5 Å². The molecule has 2 atom stereocenters. The number of hydrogen-bond donors (Lipinski definition) is 0. The molecule has 0 N–H and O–H groups in total. The fraction of sp³-hybridized carbons (Fsp3) is 0.519. The third-order valence-corrected chi connectivity index (χ3v) is 7.23. The molecule has 0 spiro atoms. The third-order valence-electron chi connectivity index (χ3n) is 7.23. The Morgan fingerprint density at radius 1 is 0.844 bits per heavy atom. The summed E-state index contributed by atoms with van der Waals surface area (Å²) in [7, 11) is 0. The minimum atomic E-state index is 0.0104. The van der Waals surface area contributed by atoms with Gasteiger partial charge in [-0.1, -0.05) is 54.6 Å². The van der Waals surface area contributed by atoms with Crippen LogP contribution in [0.4, 0.5) is 0 Å². The Morgan fingerprint density at radius 3 is 2.19 bits per heavy atom. The molecular weight excluding hydrogens is 400 g/mol. The maximum absolute atomic E-state index is 12.8. The molecule has 5 rings (SSSR count). The van der Waals surface area contributed by atoms with E-state index >= 15 is 0 Å². The van der Waals surface area contributed by atoms with Crippen LogP contribution in [0.3, 0.4) is 0 Å². The van der Waals surface area contributed by atoms with Gasteiger partial charge in [0.05, 0.1) is 19.3 Å². The summed E-state index contributed by atoms with van der Waals surface area (Å²) in [6.45, 7) is 4.53. The SMILES string of the molecule is O=C(CCC1Cc2ccccc2C1)N1CCN(C2COC(Cc3ccccc3)CO2)CC1. The zero-order valence-corrected chi connectivity index (χ0v) is 18.8. The first-order chi connectivity index (χ1) is 15.7. The molecule has 0 aromatic heterocycles. The van der Waals surface area contributed by atoms with E-state index in [9.17, 15) is 4.79 Å². The highest BCUT2D eigenvalue weighted by Gasteiger charge is 2.31. The minimum absolute atomic E-state index is 0.0104. The molecule has 0 radical (unpaired) electrons. The van der Waals surface area contributed by atoms with Gasteiger partial charge in [0, 0.05) is 39.0 Å². The minimum Gasteiger partial charge on any atom is -0.371 e. The largest absolute Gasteiger partial charge is 0.371 e. The van der Waals surface area contributed by atoms with Crippen LogP contribution in [0.15, 0.2) is 54.6 Å². The predicted molar refractivity (Wildman–Crippen MR) is 124 cm³/mol. The molecule has 0 bridgehead atoms. The van der Waals surface area contributed by atoms with Crippen molar-refractivity contribution in [2.75, 3.05) is 39.4 Å². The maximum atomic E-state index is 12.8. The van der Waals surface area contributed by atoms with Gasteiger partial charge in [0.1, 0.15) is 6.23 Å². The molecule has 5 nitrogen and oxygen atoms in total. The highest BCUT2D eigenvalue weighted by Crippen LogP contribution is 2.29. The number of amides is 1. The average molecular weight is 435 g/mol. The number of carbonyl (C=O) groups is 1. The number of fused-ring (bicyclic) bond motifs is 1. The van der Waals surface area contributed by atoms with Crippen molar-refractivity contribution in [2.24, 2.45) is 5.92 Å². The second-order valence-electron chi connectivity index (χ2n) is 9.43. The van der Waals surface area contributed by atoms with Crippen molar-refractivity contribution in [3.8, 4) is 0 Å². The van der Waals surface area contributed by atoms with Crippen LogP contribution in [0.25, 0.3) is 0 Å². The van der Waals surface area contributed by atoms with Crippen molar-refractivity contribution in [2.45, 2.75) is 44.4 Å². The first-order valence-electron chi connectivity index (χ1n) is 12.1. The van der Waals surface area contributed by atoms with E-state index in [4.69, 9.17) is 9.47 Å². The first-order valence-corrected chi connectivity index (χ1v) is 12.1. The van der Waals surface area contributed by atoms with Gasteiger partial charge in [-0.2, -0.15) is 0 Å². The van der Waals surface area contributed by atoms with Crippen LogP contribution in [-0.4, -0.2) is 67.4 Å². The van der Waals surface area contributed by atoms with Gasteiger partial charge in [0.2, 0.25) is 5.91 Å². The summed E-state index contributed by atoms with van der Waals surface area (Å²) >= 11 is 0. The molecule has 1 aliphatic carbocycles. The number of nitrogens with zero attached hydrogens (tertiary/aromatic N) is 2. The smallest absolute Gasteiger partial charge is 0.222 e. The summed E-state index contributed by atoms with van der Waals surface area (Å²) in [5.41, 5.74) is 4.23. The number of carbonyl (C=O) groups excluding carboxylic acids is 1. The van der Waals surface area contributed by atoms with Gasteiger partial charge in [-0.3, -0.25) is 9.69 Å². The Morgan fingerprint density at radius 2 is 1.53 bits per heavy atom. The lowest BCUT2D eigenvalue weighted by Gasteiger charge is -2.41. The Kier molecular flexibility index (Phi) is 6.86. The van der Waals surface area contributed by atoms with Crippen LogP contribution in [0.5, 0.6) is 0 Å². The number of rotatable bonds is 6. The molecule has 1 amide bonds. The molecule has 5 heteroatoms. The predicted octanol–water partition coefficient (Wildman–Crippen LogP) is 3.31. The van der Waals surface area contributed by atoms with E-state index in [-0.39, 0.29) is 12.3 Å². The van der Waals surface area contributed by atoms with Gasteiger partial charge < -0.3 is 14.4 Å². The molecule has 2 saturated heterocycles. The second kappa shape index (κ2) is 10.2. The number of piperazine rings is 1. The molecule has 2 unspecified atom stereocenters. The quantitative estimate of drug-likeness (QED) is 0.700. The number of hydrogen-bond acceptors (Lipinski definition) is 4. The normalized spacial score (nSPS) is 24.4. The van der Waals surface area contributed by atoms with E-state index < -0.39 is 0 Å². The van der Waals surface area contributed by atoms with Crippen molar-refractivity contribution >= 4 is 5.91 Å². The van der Waals surface area contributed by atoms with Gasteiger partial charge in [0.25, 0.3) is 0 Å². The molecule has 3 aliphatic rings. The van der Waals surface area contributed by atoms with Gasteiger partial charge in [-0.05, 0) is 41.9 Å².